The van der Waals surface area contributed by atoms with E-state index in [1.165, 1.54) is 12.8 Å². The summed E-state index contributed by atoms with van der Waals surface area (Å²) in [7, 11) is 0. The first-order chi connectivity index (χ1) is 7.66. The van der Waals surface area contributed by atoms with E-state index < -0.39 is 0 Å². The van der Waals surface area contributed by atoms with Crippen LogP contribution < -0.4 is 10.6 Å². The molecule has 1 aliphatic rings. The highest BCUT2D eigenvalue weighted by molar-refractivity contribution is 9.10. The lowest BCUT2D eigenvalue weighted by Crippen LogP contribution is -2.46. The molecule has 2 unspecified atom stereocenters. The van der Waals surface area contributed by atoms with Gasteiger partial charge in [0.1, 0.15) is 5.82 Å². The van der Waals surface area contributed by atoms with Crippen LogP contribution in [0.4, 0.5) is 5.82 Å². The zero-order valence-corrected chi connectivity index (χ0v) is 11.5. The van der Waals surface area contributed by atoms with Gasteiger partial charge in [0, 0.05) is 18.3 Å². The minimum absolute atomic E-state index is 0.429. The first-order valence-electron chi connectivity index (χ1n) is 5.48. The Balaban J connectivity index is 2.07. The van der Waals surface area contributed by atoms with Gasteiger partial charge in [-0.05, 0) is 48.3 Å². The Hall–Kier alpha value is -0.320. The fraction of sp³-hybridized carbons (Fsp3) is 0.545. The van der Waals surface area contributed by atoms with Crippen molar-refractivity contribution in [3.05, 3.63) is 21.8 Å². The largest absolute Gasteiger partial charge is 0.365 e. The Bertz CT molecular complexity index is 372. The molecule has 1 saturated heterocycles. The van der Waals surface area contributed by atoms with Gasteiger partial charge < -0.3 is 10.6 Å². The average molecular weight is 305 g/mol. The Kier molecular flexibility index (Phi) is 4.05. The molecule has 1 aromatic rings. The number of pyridine rings is 1. The summed E-state index contributed by atoms with van der Waals surface area (Å²) in [5, 5.41) is 7.54. The van der Waals surface area contributed by atoms with Crippen molar-refractivity contribution in [2.45, 2.75) is 31.8 Å². The van der Waals surface area contributed by atoms with Crippen LogP contribution in [-0.2, 0) is 0 Å². The molecule has 2 heterocycles. The summed E-state index contributed by atoms with van der Waals surface area (Å²) >= 11 is 9.32. The van der Waals surface area contributed by atoms with E-state index in [9.17, 15) is 0 Å². The standard InChI is InChI=1S/C11H15BrClN3/c1-7-10(3-2-4-14-7)16-11-9(12)5-8(13)6-15-11/h5-7,10,14H,2-4H2,1H3,(H,15,16). The van der Waals surface area contributed by atoms with Gasteiger partial charge in [-0.15, -0.1) is 0 Å². The smallest absolute Gasteiger partial charge is 0.140 e. The zero-order valence-electron chi connectivity index (χ0n) is 9.13. The van der Waals surface area contributed by atoms with Gasteiger partial charge in [0.05, 0.1) is 9.50 Å². The highest BCUT2D eigenvalue weighted by Gasteiger charge is 2.21. The second-order valence-electron chi connectivity index (χ2n) is 4.12. The van der Waals surface area contributed by atoms with Crippen LogP contribution >= 0.6 is 27.5 Å². The normalized spacial score (nSPS) is 25.4. The number of piperidine rings is 1. The molecule has 1 fully saturated rings. The van der Waals surface area contributed by atoms with Crippen LogP contribution in [0.25, 0.3) is 0 Å². The van der Waals surface area contributed by atoms with Crippen LogP contribution in [0.15, 0.2) is 16.7 Å². The highest BCUT2D eigenvalue weighted by atomic mass is 79.9. The van der Waals surface area contributed by atoms with Crippen molar-refractivity contribution in [1.29, 1.82) is 0 Å². The molecule has 0 bridgehead atoms. The topological polar surface area (TPSA) is 37.0 Å². The molecule has 1 aliphatic heterocycles. The third kappa shape index (κ3) is 2.87. The zero-order chi connectivity index (χ0) is 11.5. The lowest BCUT2D eigenvalue weighted by Gasteiger charge is -2.31. The Labute approximate surface area is 109 Å². The molecular weight excluding hydrogens is 289 g/mol. The number of aromatic nitrogens is 1. The molecule has 0 spiro atoms. The summed E-state index contributed by atoms with van der Waals surface area (Å²) in [6.45, 7) is 3.30. The van der Waals surface area contributed by atoms with Crippen molar-refractivity contribution < 1.29 is 0 Å². The Morgan fingerprint density at radius 1 is 1.62 bits per heavy atom. The van der Waals surface area contributed by atoms with Crippen molar-refractivity contribution in [3.63, 3.8) is 0 Å². The second-order valence-corrected chi connectivity index (χ2v) is 5.41. The van der Waals surface area contributed by atoms with E-state index in [0.717, 1.165) is 16.8 Å². The van der Waals surface area contributed by atoms with E-state index in [-0.39, 0.29) is 0 Å². The van der Waals surface area contributed by atoms with Gasteiger partial charge in [0.25, 0.3) is 0 Å². The van der Waals surface area contributed by atoms with Crippen LogP contribution in [0.5, 0.6) is 0 Å². The third-order valence-electron chi connectivity index (χ3n) is 2.89. The van der Waals surface area contributed by atoms with Crippen LogP contribution in [0.1, 0.15) is 19.8 Å². The van der Waals surface area contributed by atoms with Crippen molar-refractivity contribution in [2.24, 2.45) is 0 Å². The molecule has 0 radical (unpaired) electrons. The van der Waals surface area contributed by atoms with Crippen molar-refractivity contribution >= 4 is 33.3 Å². The maximum absolute atomic E-state index is 5.86. The molecule has 3 nitrogen and oxygen atoms in total. The fourth-order valence-corrected chi connectivity index (χ4v) is 2.69. The fourth-order valence-electron chi connectivity index (χ4n) is 1.94. The monoisotopic (exact) mass is 303 g/mol. The van der Waals surface area contributed by atoms with Crippen LogP contribution in [0.2, 0.25) is 5.02 Å². The molecule has 2 atom stereocenters. The molecule has 5 heteroatoms. The average Bonchev–Trinajstić information content (AvgIpc) is 2.25. The summed E-state index contributed by atoms with van der Waals surface area (Å²) in [5.41, 5.74) is 0. The highest BCUT2D eigenvalue weighted by Crippen LogP contribution is 2.25. The predicted octanol–water partition coefficient (Wildman–Crippen LogP) is 3.05. The van der Waals surface area contributed by atoms with Crippen LogP contribution in [0.3, 0.4) is 0 Å². The number of nitrogens with zero attached hydrogens (tertiary/aromatic N) is 1. The second kappa shape index (κ2) is 5.34. The number of anilines is 1. The minimum atomic E-state index is 0.429. The molecule has 2 N–H and O–H groups in total. The van der Waals surface area contributed by atoms with E-state index in [1.807, 2.05) is 6.07 Å². The lowest BCUT2D eigenvalue weighted by molar-refractivity contribution is 0.388. The van der Waals surface area contributed by atoms with Crippen molar-refractivity contribution in [3.8, 4) is 0 Å². The molecule has 1 aromatic heterocycles. The molecule has 88 valence electrons. The predicted molar refractivity (Wildman–Crippen MR) is 71.1 cm³/mol. The van der Waals surface area contributed by atoms with E-state index >= 15 is 0 Å². The summed E-state index contributed by atoms with van der Waals surface area (Å²) in [4.78, 5) is 4.29. The molecule has 16 heavy (non-hydrogen) atoms. The summed E-state index contributed by atoms with van der Waals surface area (Å²) in [5.74, 6) is 0.866. The third-order valence-corrected chi connectivity index (χ3v) is 3.70. The van der Waals surface area contributed by atoms with Gasteiger partial charge in [-0.3, -0.25) is 0 Å². The van der Waals surface area contributed by atoms with Gasteiger partial charge in [0.15, 0.2) is 0 Å². The Morgan fingerprint density at radius 2 is 2.44 bits per heavy atom. The summed E-state index contributed by atoms with van der Waals surface area (Å²) < 4.78 is 0.915. The van der Waals surface area contributed by atoms with E-state index in [0.29, 0.717) is 17.1 Å². The van der Waals surface area contributed by atoms with Crippen molar-refractivity contribution in [1.82, 2.24) is 10.3 Å². The number of rotatable bonds is 2. The van der Waals surface area contributed by atoms with Gasteiger partial charge in [-0.25, -0.2) is 4.98 Å². The number of halogens is 2. The number of nitrogens with one attached hydrogen (secondary N) is 2. The van der Waals surface area contributed by atoms with Gasteiger partial charge in [-0.1, -0.05) is 11.6 Å². The molecular formula is C11H15BrClN3. The first-order valence-corrected chi connectivity index (χ1v) is 6.65. The molecule has 0 amide bonds. The molecule has 2 rings (SSSR count). The number of hydrogen-bond acceptors (Lipinski definition) is 3. The molecule has 0 saturated carbocycles. The summed E-state index contributed by atoms with van der Waals surface area (Å²) in [6.07, 6.45) is 4.04. The Morgan fingerprint density at radius 3 is 3.12 bits per heavy atom. The van der Waals surface area contributed by atoms with E-state index in [4.69, 9.17) is 11.6 Å². The van der Waals surface area contributed by atoms with Gasteiger partial charge in [-0.2, -0.15) is 0 Å². The quantitative estimate of drug-likeness (QED) is 0.882. The van der Waals surface area contributed by atoms with Gasteiger partial charge in [0.2, 0.25) is 0 Å². The van der Waals surface area contributed by atoms with Gasteiger partial charge >= 0.3 is 0 Å². The van der Waals surface area contributed by atoms with Crippen molar-refractivity contribution in [2.75, 3.05) is 11.9 Å². The maximum Gasteiger partial charge on any atom is 0.140 e. The van der Waals surface area contributed by atoms with E-state index in [1.54, 1.807) is 6.20 Å². The van der Waals surface area contributed by atoms with Crippen LogP contribution in [-0.4, -0.2) is 23.6 Å². The van der Waals surface area contributed by atoms with Crippen LogP contribution in [0, 0.1) is 0 Å². The SMILES string of the molecule is CC1NCCCC1Nc1ncc(Cl)cc1Br. The van der Waals surface area contributed by atoms with E-state index in [2.05, 4.69) is 38.5 Å². The first kappa shape index (κ1) is 12.1. The molecule has 0 aromatic carbocycles. The minimum Gasteiger partial charge on any atom is -0.365 e. The molecule has 0 aliphatic carbocycles. The maximum atomic E-state index is 5.86. The lowest BCUT2D eigenvalue weighted by atomic mass is 10.00. The summed E-state index contributed by atoms with van der Waals surface area (Å²) in [6, 6.07) is 2.76. The number of hydrogen-bond donors (Lipinski definition) is 2.